The van der Waals surface area contributed by atoms with E-state index in [2.05, 4.69) is 63.8 Å². The molecule has 0 spiro atoms. The van der Waals surface area contributed by atoms with Crippen molar-refractivity contribution in [3.8, 4) is 0 Å². The number of guanidine groups is 1. The molecule has 0 saturated carbocycles. The number of nitrogens with zero attached hydrogens (tertiary/aromatic N) is 5. The molecule has 1 aromatic heterocycles. The Morgan fingerprint density at radius 1 is 1.18 bits per heavy atom. The Labute approximate surface area is 168 Å². The molecule has 0 bridgehead atoms. The van der Waals surface area contributed by atoms with Crippen LogP contribution in [0.5, 0.6) is 0 Å². The SMILES string of the molecule is CCNC(=NCCCCn1cnnc1)NC(C)c1cccc(N2CCCC2)c1. The summed E-state index contributed by atoms with van der Waals surface area (Å²) in [6, 6.07) is 9.09. The summed E-state index contributed by atoms with van der Waals surface area (Å²) in [6.45, 7) is 9.23. The molecular formula is C21H33N7. The summed E-state index contributed by atoms with van der Waals surface area (Å²) >= 11 is 0. The second-order valence-electron chi connectivity index (χ2n) is 7.32. The molecule has 1 atom stereocenters. The van der Waals surface area contributed by atoms with Crippen molar-refractivity contribution in [3.63, 3.8) is 0 Å². The Balaban J connectivity index is 1.51. The van der Waals surface area contributed by atoms with Gasteiger partial charge < -0.3 is 20.1 Å². The van der Waals surface area contributed by atoms with E-state index in [-0.39, 0.29) is 6.04 Å². The fourth-order valence-corrected chi connectivity index (χ4v) is 3.51. The van der Waals surface area contributed by atoms with Crippen molar-refractivity contribution in [3.05, 3.63) is 42.5 Å². The van der Waals surface area contributed by atoms with Crippen molar-refractivity contribution in [1.82, 2.24) is 25.4 Å². The average molecular weight is 384 g/mol. The van der Waals surface area contributed by atoms with E-state index in [1.54, 1.807) is 12.7 Å². The molecule has 3 rings (SSSR count). The van der Waals surface area contributed by atoms with Crippen LogP contribution in [0.15, 0.2) is 41.9 Å². The average Bonchev–Trinajstić information content (AvgIpc) is 3.42. The molecule has 1 aromatic carbocycles. The van der Waals surface area contributed by atoms with Gasteiger partial charge in [0.1, 0.15) is 12.7 Å². The second-order valence-corrected chi connectivity index (χ2v) is 7.32. The maximum absolute atomic E-state index is 4.74. The van der Waals surface area contributed by atoms with Crippen LogP contribution in [0.25, 0.3) is 0 Å². The summed E-state index contributed by atoms with van der Waals surface area (Å²) in [7, 11) is 0. The summed E-state index contributed by atoms with van der Waals surface area (Å²) < 4.78 is 2.00. The van der Waals surface area contributed by atoms with Gasteiger partial charge in [-0.15, -0.1) is 10.2 Å². The first-order chi connectivity index (χ1) is 13.8. The van der Waals surface area contributed by atoms with Crippen LogP contribution >= 0.6 is 0 Å². The number of benzene rings is 1. The number of anilines is 1. The van der Waals surface area contributed by atoms with Crippen molar-refractivity contribution in [2.24, 2.45) is 4.99 Å². The number of aromatic nitrogens is 3. The minimum absolute atomic E-state index is 0.206. The third-order valence-electron chi connectivity index (χ3n) is 5.10. The standard InChI is InChI=1S/C21H33N7/c1-3-22-21(23-11-4-5-12-27-16-24-25-17-27)26-18(2)19-9-8-10-20(15-19)28-13-6-7-14-28/h8-10,15-18H,3-7,11-14H2,1-2H3,(H2,22,23,26). The molecule has 2 N–H and O–H groups in total. The summed E-state index contributed by atoms with van der Waals surface area (Å²) in [5, 5.41) is 14.6. The van der Waals surface area contributed by atoms with Gasteiger partial charge >= 0.3 is 0 Å². The number of aliphatic imine (C=N–C) groups is 1. The topological polar surface area (TPSA) is 70.4 Å². The zero-order chi connectivity index (χ0) is 19.6. The fraction of sp³-hybridized carbons (Fsp3) is 0.571. The molecule has 1 saturated heterocycles. The first-order valence-electron chi connectivity index (χ1n) is 10.5. The highest BCUT2D eigenvalue weighted by Gasteiger charge is 2.14. The third kappa shape index (κ3) is 5.97. The van der Waals surface area contributed by atoms with Gasteiger partial charge in [-0.1, -0.05) is 12.1 Å². The van der Waals surface area contributed by atoms with E-state index in [9.17, 15) is 0 Å². The van der Waals surface area contributed by atoms with Crippen LogP contribution in [0.3, 0.4) is 0 Å². The number of rotatable bonds is 9. The molecule has 1 fully saturated rings. The predicted octanol–water partition coefficient (Wildman–Crippen LogP) is 2.97. The van der Waals surface area contributed by atoms with Crippen LogP contribution in [0.2, 0.25) is 0 Å². The van der Waals surface area contributed by atoms with Crippen molar-refractivity contribution in [1.29, 1.82) is 0 Å². The van der Waals surface area contributed by atoms with Gasteiger partial charge in [-0.3, -0.25) is 4.99 Å². The lowest BCUT2D eigenvalue weighted by molar-refractivity contribution is 0.609. The van der Waals surface area contributed by atoms with Crippen LogP contribution in [-0.4, -0.2) is 46.9 Å². The molecule has 2 heterocycles. The Morgan fingerprint density at radius 2 is 1.96 bits per heavy atom. The first kappa shape index (κ1) is 20.2. The lowest BCUT2D eigenvalue weighted by Crippen LogP contribution is -2.38. The highest BCUT2D eigenvalue weighted by Crippen LogP contribution is 2.23. The molecule has 0 aliphatic carbocycles. The Bertz CT molecular complexity index is 720. The van der Waals surface area contributed by atoms with E-state index >= 15 is 0 Å². The quantitative estimate of drug-likeness (QED) is 0.396. The minimum Gasteiger partial charge on any atom is -0.372 e. The van der Waals surface area contributed by atoms with Crippen LogP contribution in [-0.2, 0) is 6.54 Å². The highest BCUT2D eigenvalue weighted by atomic mass is 15.2. The van der Waals surface area contributed by atoms with Crippen molar-refractivity contribution >= 4 is 11.6 Å². The normalized spacial score (nSPS) is 15.6. The summed E-state index contributed by atoms with van der Waals surface area (Å²) in [5.41, 5.74) is 2.63. The Morgan fingerprint density at radius 3 is 2.71 bits per heavy atom. The molecule has 0 amide bonds. The molecule has 152 valence electrons. The molecule has 1 aliphatic heterocycles. The number of hydrogen-bond donors (Lipinski definition) is 2. The second kappa shape index (κ2) is 10.7. The molecule has 7 nitrogen and oxygen atoms in total. The monoisotopic (exact) mass is 383 g/mol. The van der Waals surface area contributed by atoms with Crippen molar-refractivity contribution in [2.45, 2.75) is 52.1 Å². The fourth-order valence-electron chi connectivity index (χ4n) is 3.51. The van der Waals surface area contributed by atoms with E-state index in [0.29, 0.717) is 0 Å². The molecule has 28 heavy (non-hydrogen) atoms. The van der Waals surface area contributed by atoms with Gasteiger partial charge in [-0.2, -0.15) is 0 Å². The summed E-state index contributed by atoms with van der Waals surface area (Å²) in [6.07, 6.45) is 8.21. The number of hydrogen-bond acceptors (Lipinski definition) is 4. The van der Waals surface area contributed by atoms with E-state index < -0.39 is 0 Å². The van der Waals surface area contributed by atoms with Crippen LogP contribution < -0.4 is 15.5 Å². The van der Waals surface area contributed by atoms with E-state index in [1.807, 2.05) is 4.57 Å². The van der Waals surface area contributed by atoms with E-state index in [1.165, 1.54) is 37.2 Å². The van der Waals surface area contributed by atoms with Crippen LogP contribution in [0.1, 0.15) is 51.1 Å². The summed E-state index contributed by atoms with van der Waals surface area (Å²) in [5.74, 6) is 0.880. The number of aryl methyl sites for hydroxylation is 1. The molecule has 0 radical (unpaired) electrons. The van der Waals surface area contributed by atoms with Gasteiger partial charge in [0.25, 0.3) is 0 Å². The van der Waals surface area contributed by atoms with Gasteiger partial charge in [0, 0.05) is 38.4 Å². The van der Waals surface area contributed by atoms with Gasteiger partial charge in [0.2, 0.25) is 0 Å². The molecular weight excluding hydrogens is 350 g/mol. The maximum atomic E-state index is 4.74. The van der Waals surface area contributed by atoms with Gasteiger partial charge in [-0.05, 0) is 57.2 Å². The Hall–Kier alpha value is -2.57. The van der Waals surface area contributed by atoms with Crippen molar-refractivity contribution < 1.29 is 0 Å². The van der Waals surface area contributed by atoms with Crippen LogP contribution in [0.4, 0.5) is 5.69 Å². The van der Waals surface area contributed by atoms with Gasteiger partial charge in [0.15, 0.2) is 5.96 Å². The number of unbranched alkanes of at least 4 members (excludes halogenated alkanes) is 1. The Kier molecular flexibility index (Phi) is 7.70. The largest absolute Gasteiger partial charge is 0.372 e. The minimum atomic E-state index is 0.206. The third-order valence-corrected chi connectivity index (χ3v) is 5.10. The van der Waals surface area contributed by atoms with Crippen molar-refractivity contribution in [2.75, 3.05) is 31.1 Å². The van der Waals surface area contributed by atoms with E-state index in [4.69, 9.17) is 4.99 Å². The predicted molar refractivity (Wildman–Crippen MR) is 115 cm³/mol. The van der Waals surface area contributed by atoms with E-state index in [0.717, 1.165) is 38.4 Å². The molecule has 1 unspecified atom stereocenters. The zero-order valence-electron chi connectivity index (χ0n) is 17.1. The smallest absolute Gasteiger partial charge is 0.191 e. The summed E-state index contributed by atoms with van der Waals surface area (Å²) in [4.78, 5) is 7.22. The highest BCUT2D eigenvalue weighted by molar-refractivity contribution is 5.80. The van der Waals surface area contributed by atoms with Gasteiger partial charge in [0.05, 0.1) is 6.04 Å². The van der Waals surface area contributed by atoms with Gasteiger partial charge in [-0.25, -0.2) is 0 Å². The zero-order valence-corrected chi connectivity index (χ0v) is 17.1. The molecule has 2 aromatic rings. The lowest BCUT2D eigenvalue weighted by atomic mass is 10.1. The maximum Gasteiger partial charge on any atom is 0.191 e. The number of nitrogens with one attached hydrogen (secondary N) is 2. The lowest BCUT2D eigenvalue weighted by Gasteiger charge is -2.22. The molecule has 7 heteroatoms. The first-order valence-corrected chi connectivity index (χ1v) is 10.5. The van der Waals surface area contributed by atoms with Crippen LogP contribution in [0, 0.1) is 0 Å². The molecule has 1 aliphatic rings.